The fourth-order valence-electron chi connectivity index (χ4n) is 0.299. The van der Waals surface area contributed by atoms with Gasteiger partial charge in [0.15, 0.2) is 0 Å². The number of hydrazine groups is 1. The molecule has 0 aliphatic heterocycles. The first-order valence-electron chi connectivity index (χ1n) is 3.18. The first-order valence-corrected chi connectivity index (χ1v) is 3.18. The van der Waals surface area contributed by atoms with E-state index < -0.39 is 0 Å². The first-order chi connectivity index (χ1) is 5.22. The van der Waals surface area contributed by atoms with E-state index in [4.69, 9.17) is 10.6 Å². The molecule has 0 aliphatic rings. The van der Waals surface area contributed by atoms with E-state index in [0.29, 0.717) is 12.9 Å². The third-order valence-electron chi connectivity index (χ3n) is 0.734. The molecular formula is C6H14N2O3. The van der Waals surface area contributed by atoms with Crippen LogP contribution in [0.4, 0.5) is 0 Å². The van der Waals surface area contributed by atoms with Crippen molar-refractivity contribution >= 4 is 12.4 Å². The number of carbonyl (C=O) groups is 2. The number of nitrogens with one attached hydrogen (secondary N) is 1. The Morgan fingerprint density at radius 2 is 2.18 bits per heavy atom. The van der Waals surface area contributed by atoms with Crippen LogP contribution in [0.25, 0.3) is 0 Å². The summed E-state index contributed by atoms with van der Waals surface area (Å²) in [5.74, 6) is 4.66. The van der Waals surface area contributed by atoms with Crippen LogP contribution < -0.4 is 11.3 Å². The molecular weight excluding hydrogens is 148 g/mol. The van der Waals surface area contributed by atoms with Crippen molar-refractivity contribution in [3.8, 4) is 0 Å². The van der Waals surface area contributed by atoms with Crippen LogP contribution in [0.5, 0.6) is 0 Å². The molecule has 0 heterocycles. The summed E-state index contributed by atoms with van der Waals surface area (Å²) in [6.07, 6.45) is 1.37. The maximum atomic E-state index is 10.2. The van der Waals surface area contributed by atoms with Crippen molar-refractivity contribution in [1.82, 2.24) is 5.43 Å². The van der Waals surface area contributed by atoms with Crippen molar-refractivity contribution in [1.29, 1.82) is 0 Å². The monoisotopic (exact) mass is 162 g/mol. The van der Waals surface area contributed by atoms with E-state index >= 15 is 0 Å². The second kappa shape index (κ2) is 11.7. The summed E-state index contributed by atoms with van der Waals surface area (Å²) in [5.41, 5.74) is 2.03. The molecule has 11 heavy (non-hydrogen) atoms. The Labute approximate surface area is 65.9 Å². The maximum absolute atomic E-state index is 10.2. The number of amides is 1. The number of nitrogens with two attached hydrogens (primary N) is 1. The Kier molecular flexibility index (Phi) is 13.3. The van der Waals surface area contributed by atoms with Gasteiger partial charge < -0.3 is 4.74 Å². The van der Waals surface area contributed by atoms with Crippen molar-refractivity contribution in [3.63, 3.8) is 0 Å². The van der Waals surface area contributed by atoms with Crippen LogP contribution in [0.2, 0.25) is 0 Å². The topological polar surface area (TPSA) is 81.4 Å². The molecule has 5 heteroatoms. The van der Waals surface area contributed by atoms with Crippen LogP contribution in [0.15, 0.2) is 0 Å². The molecule has 5 nitrogen and oxygen atoms in total. The van der Waals surface area contributed by atoms with E-state index in [0.717, 1.165) is 6.42 Å². The highest BCUT2D eigenvalue weighted by atomic mass is 16.5. The summed E-state index contributed by atoms with van der Waals surface area (Å²) in [7, 11) is 1.31. The van der Waals surface area contributed by atoms with Gasteiger partial charge in [-0.05, 0) is 6.42 Å². The summed E-state index contributed by atoms with van der Waals surface area (Å²) < 4.78 is 3.86. The third-order valence-corrected chi connectivity index (χ3v) is 0.734. The van der Waals surface area contributed by atoms with Gasteiger partial charge in [0.1, 0.15) is 0 Å². The van der Waals surface area contributed by atoms with E-state index in [1.807, 2.05) is 12.3 Å². The molecule has 0 aromatic rings. The molecule has 0 radical (unpaired) electrons. The smallest absolute Gasteiger partial charge is 0.292 e. The fraction of sp³-hybridized carbons (Fsp3) is 0.667. The van der Waals surface area contributed by atoms with Crippen molar-refractivity contribution in [2.45, 2.75) is 19.8 Å². The predicted octanol–water partition coefficient (Wildman–Crippen LogP) is -0.434. The van der Waals surface area contributed by atoms with Gasteiger partial charge >= 0.3 is 0 Å². The molecule has 0 rings (SSSR count). The Balaban J connectivity index is 0. The molecule has 0 aromatic carbocycles. The van der Waals surface area contributed by atoms with Gasteiger partial charge in [-0.25, -0.2) is 5.84 Å². The lowest BCUT2D eigenvalue weighted by atomic mass is 10.3. The van der Waals surface area contributed by atoms with E-state index in [-0.39, 0.29) is 5.91 Å². The number of hydrogen-bond acceptors (Lipinski definition) is 4. The highest BCUT2D eigenvalue weighted by molar-refractivity contribution is 5.74. The summed E-state index contributed by atoms with van der Waals surface area (Å²) in [4.78, 5) is 19.1. The summed E-state index contributed by atoms with van der Waals surface area (Å²) in [5, 5.41) is 0. The third kappa shape index (κ3) is 17.6. The van der Waals surface area contributed by atoms with Gasteiger partial charge in [-0.15, -0.1) is 0 Å². The van der Waals surface area contributed by atoms with Crippen LogP contribution in [0.3, 0.4) is 0 Å². The normalized spacial score (nSPS) is 7.18. The average molecular weight is 162 g/mol. The minimum absolute atomic E-state index is 0.0949. The number of ether oxygens (including phenoxy) is 1. The zero-order chi connectivity index (χ0) is 9.11. The highest BCUT2D eigenvalue weighted by Crippen LogP contribution is 1.81. The SMILES string of the molecule is CCCC(=O)NN.COC=O. The molecule has 0 spiro atoms. The Bertz CT molecular complexity index is 106. The zero-order valence-electron chi connectivity index (χ0n) is 6.79. The Morgan fingerprint density at radius 1 is 1.73 bits per heavy atom. The fourth-order valence-corrected chi connectivity index (χ4v) is 0.299. The number of methoxy groups -OCH3 is 1. The van der Waals surface area contributed by atoms with Crippen LogP contribution in [-0.4, -0.2) is 19.5 Å². The van der Waals surface area contributed by atoms with Crippen molar-refractivity contribution < 1.29 is 14.3 Å². The van der Waals surface area contributed by atoms with Crippen LogP contribution in [0, 0.1) is 0 Å². The molecule has 0 saturated heterocycles. The molecule has 1 amide bonds. The van der Waals surface area contributed by atoms with Gasteiger partial charge in [0.05, 0.1) is 7.11 Å². The van der Waals surface area contributed by atoms with Crippen molar-refractivity contribution in [2.24, 2.45) is 5.84 Å². The van der Waals surface area contributed by atoms with Gasteiger partial charge in [-0.3, -0.25) is 15.0 Å². The molecule has 66 valence electrons. The van der Waals surface area contributed by atoms with Gasteiger partial charge in [-0.2, -0.15) is 0 Å². The van der Waals surface area contributed by atoms with Crippen LogP contribution >= 0.6 is 0 Å². The first kappa shape index (κ1) is 12.6. The maximum Gasteiger partial charge on any atom is 0.292 e. The molecule has 0 unspecified atom stereocenters. The molecule has 0 saturated carbocycles. The number of carbonyl (C=O) groups excluding carboxylic acids is 2. The van der Waals surface area contributed by atoms with Gasteiger partial charge in [0, 0.05) is 6.42 Å². The lowest BCUT2D eigenvalue weighted by Crippen LogP contribution is -2.29. The lowest BCUT2D eigenvalue weighted by Gasteiger charge is -1.91. The average Bonchev–Trinajstić information content (AvgIpc) is 2.05. The Morgan fingerprint density at radius 3 is 2.27 bits per heavy atom. The second-order valence-electron chi connectivity index (χ2n) is 1.65. The van der Waals surface area contributed by atoms with E-state index in [1.54, 1.807) is 0 Å². The minimum Gasteiger partial charge on any atom is -0.471 e. The van der Waals surface area contributed by atoms with Crippen molar-refractivity contribution in [3.05, 3.63) is 0 Å². The largest absolute Gasteiger partial charge is 0.471 e. The molecule has 0 bridgehead atoms. The van der Waals surface area contributed by atoms with Gasteiger partial charge in [-0.1, -0.05) is 6.92 Å². The summed E-state index contributed by atoms with van der Waals surface area (Å²) in [6, 6.07) is 0. The van der Waals surface area contributed by atoms with Gasteiger partial charge in [0.25, 0.3) is 6.47 Å². The van der Waals surface area contributed by atoms with Crippen molar-refractivity contribution in [2.75, 3.05) is 7.11 Å². The number of hydrogen-bond donors (Lipinski definition) is 2. The molecule has 0 fully saturated rings. The second-order valence-corrected chi connectivity index (χ2v) is 1.65. The standard InChI is InChI=1S/C4H10N2O.C2H4O2/c1-2-3-4(7)6-5;1-4-2-3/h2-3,5H2,1H3,(H,6,7);2H,1H3. The molecule has 0 aliphatic carbocycles. The molecule has 0 atom stereocenters. The van der Waals surface area contributed by atoms with E-state index in [9.17, 15) is 4.79 Å². The van der Waals surface area contributed by atoms with Gasteiger partial charge in [0.2, 0.25) is 5.91 Å². The summed E-state index contributed by atoms with van der Waals surface area (Å²) >= 11 is 0. The van der Waals surface area contributed by atoms with Crippen LogP contribution in [-0.2, 0) is 14.3 Å². The quantitative estimate of drug-likeness (QED) is 0.255. The zero-order valence-corrected chi connectivity index (χ0v) is 6.79. The minimum atomic E-state index is -0.0949. The number of rotatable bonds is 3. The molecule has 0 aromatic heterocycles. The van der Waals surface area contributed by atoms with E-state index in [2.05, 4.69) is 4.74 Å². The summed E-state index contributed by atoms with van der Waals surface area (Å²) in [6.45, 7) is 2.30. The Hall–Kier alpha value is -1.10. The van der Waals surface area contributed by atoms with Crippen LogP contribution in [0.1, 0.15) is 19.8 Å². The lowest BCUT2D eigenvalue weighted by molar-refractivity contribution is -0.126. The van der Waals surface area contributed by atoms with E-state index in [1.165, 1.54) is 7.11 Å². The predicted molar refractivity (Wildman–Crippen MR) is 40.3 cm³/mol. The molecule has 3 N–H and O–H groups in total. The highest BCUT2D eigenvalue weighted by Gasteiger charge is 1.90.